The second-order valence-electron chi connectivity index (χ2n) is 5.83. The van der Waals surface area contributed by atoms with E-state index in [9.17, 15) is 14.4 Å². The molecule has 8 heteroatoms. The van der Waals surface area contributed by atoms with E-state index in [2.05, 4.69) is 4.74 Å². The largest absolute Gasteiger partial charge is 0.463 e. The number of ether oxygens (including phenoxy) is 2. The van der Waals surface area contributed by atoms with E-state index in [-0.39, 0.29) is 12.4 Å². The Morgan fingerprint density at radius 1 is 1.00 bits per heavy atom. The van der Waals surface area contributed by atoms with E-state index in [0.29, 0.717) is 21.3 Å². The first-order chi connectivity index (χ1) is 13.2. The summed E-state index contributed by atoms with van der Waals surface area (Å²) in [7, 11) is 0. The Labute approximate surface area is 172 Å². The van der Waals surface area contributed by atoms with E-state index in [1.54, 1.807) is 38.1 Å². The number of ketones is 1. The van der Waals surface area contributed by atoms with Crippen LogP contribution in [0.4, 0.5) is 0 Å². The van der Waals surface area contributed by atoms with E-state index >= 15 is 0 Å². The van der Waals surface area contributed by atoms with Crippen LogP contribution in [0.3, 0.4) is 0 Å². The lowest BCUT2D eigenvalue weighted by molar-refractivity contribution is -0.139. The van der Waals surface area contributed by atoms with Gasteiger partial charge in [0.1, 0.15) is 0 Å². The number of benzene rings is 1. The highest BCUT2D eigenvalue weighted by Crippen LogP contribution is 2.27. The van der Waals surface area contributed by atoms with Crippen molar-refractivity contribution >= 4 is 40.9 Å². The van der Waals surface area contributed by atoms with Gasteiger partial charge in [0.05, 0.1) is 16.7 Å². The maximum atomic E-state index is 12.5. The molecule has 0 saturated carbocycles. The number of aryl methyl sites for hydroxylation is 1. The highest BCUT2D eigenvalue weighted by atomic mass is 35.5. The first-order valence-electron chi connectivity index (χ1n) is 8.43. The molecule has 0 unspecified atom stereocenters. The molecule has 6 nitrogen and oxygen atoms in total. The molecule has 0 radical (unpaired) electrons. The van der Waals surface area contributed by atoms with Gasteiger partial charge in [-0.05, 0) is 45.0 Å². The topological polar surface area (TPSA) is 74.6 Å². The quantitative estimate of drug-likeness (QED) is 0.378. The van der Waals surface area contributed by atoms with Crippen molar-refractivity contribution in [2.24, 2.45) is 0 Å². The third-order valence-corrected chi connectivity index (χ3v) is 4.62. The summed E-state index contributed by atoms with van der Waals surface area (Å²) in [6.07, 6.45) is 1.87. The van der Waals surface area contributed by atoms with Crippen LogP contribution in [0.25, 0.3) is 5.69 Å². The molecule has 28 heavy (non-hydrogen) atoms. The maximum Gasteiger partial charge on any atom is 0.331 e. The molecule has 0 N–H and O–H groups in total. The van der Waals surface area contributed by atoms with Crippen molar-refractivity contribution in [3.63, 3.8) is 0 Å². The van der Waals surface area contributed by atoms with Gasteiger partial charge >= 0.3 is 11.9 Å². The van der Waals surface area contributed by atoms with Crippen molar-refractivity contribution < 1.29 is 23.9 Å². The summed E-state index contributed by atoms with van der Waals surface area (Å²) in [5.74, 6) is -1.83. The van der Waals surface area contributed by atoms with Crippen LogP contribution in [-0.4, -0.2) is 35.5 Å². The minimum absolute atomic E-state index is 0.200. The summed E-state index contributed by atoms with van der Waals surface area (Å²) in [4.78, 5) is 35.3. The van der Waals surface area contributed by atoms with Crippen molar-refractivity contribution in [3.05, 3.63) is 63.4 Å². The van der Waals surface area contributed by atoms with Gasteiger partial charge < -0.3 is 14.0 Å². The lowest BCUT2D eigenvalue weighted by Gasteiger charge is -2.11. The van der Waals surface area contributed by atoms with Gasteiger partial charge in [-0.2, -0.15) is 0 Å². The van der Waals surface area contributed by atoms with Crippen LogP contribution >= 0.6 is 23.2 Å². The number of esters is 2. The molecule has 148 valence electrons. The number of hydrogen-bond acceptors (Lipinski definition) is 5. The van der Waals surface area contributed by atoms with Crippen LogP contribution in [0.2, 0.25) is 10.0 Å². The molecular formula is C20H19Cl2NO5. The number of halogens is 2. The third-order valence-electron chi connectivity index (χ3n) is 3.88. The maximum absolute atomic E-state index is 12.5. The SMILES string of the molecule is CCOC(=O)C=CC(=O)OCC(=O)c1cc(C)n(-c2ccc(Cl)c(Cl)c2)c1C. The van der Waals surface area contributed by atoms with Crippen LogP contribution in [0.1, 0.15) is 28.7 Å². The van der Waals surface area contributed by atoms with Gasteiger partial charge in [0.2, 0.25) is 5.78 Å². The van der Waals surface area contributed by atoms with Crippen LogP contribution < -0.4 is 0 Å². The summed E-state index contributed by atoms with van der Waals surface area (Å²) in [5.41, 5.74) is 2.68. The number of aromatic nitrogens is 1. The fraction of sp³-hybridized carbons (Fsp3) is 0.250. The van der Waals surface area contributed by atoms with Gasteiger partial charge in [-0.3, -0.25) is 4.79 Å². The fourth-order valence-electron chi connectivity index (χ4n) is 2.66. The van der Waals surface area contributed by atoms with Gasteiger partial charge in [-0.15, -0.1) is 0 Å². The number of hydrogen-bond donors (Lipinski definition) is 0. The molecular weight excluding hydrogens is 405 g/mol. The zero-order valence-corrected chi connectivity index (χ0v) is 17.1. The molecule has 0 fully saturated rings. The molecule has 0 aliphatic carbocycles. The van der Waals surface area contributed by atoms with Gasteiger partial charge in [-0.1, -0.05) is 23.2 Å². The highest BCUT2D eigenvalue weighted by molar-refractivity contribution is 6.42. The Bertz CT molecular complexity index is 946. The lowest BCUT2D eigenvalue weighted by atomic mass is 10.1. The zero-order valence-electron chi connectivity index (χ0n) is 15.6. The van der Waals surface area contributed by atoms with E-state index in [1.165, 1.54) is 0 Å². The highest BCUT2D eigenvalue weighted by Gasteiger charge is 2.18. The Balaban J connectivity index is 2.11. The molecule has 1 heterocycles. The molecule has 0 spiro atoms. The van der Waals surface area contributed by atoms with Crippen molar-refractivity contribution in [1.82, 2.24) is 4.57 Å². The number of nitrogens with zero attached hydrogens (tertiary/aromatic N) is 1. The summed E-state index contributed by atoms with van der Waals surface area (Å²) in [5, 5.41) is 0.842. The second-order valence-corrected chi connectivity index (χ2v) is 6.65. The molecule has 1 aromatic heterocycles. The molecule has 0 aliphatic rings. The Kier molecular flexibility index (Phi) is 7.43. The molecule has 0 atom stereocenters. The van der Waals surface area contributed by atoms with Crippen molar-refractivity contribution in [1.29, 1.82) is 0 Å². The monoisotopic (exact) mass is 423 g/mol. The molecule has 0 amide bonds. The van der Waals surface area contributed by atoms with Gasteiger partial charge in [-0.25, -0.2) is 9.59 Å². The van der Waals surface area contributed by atoms with Crippen LogP contribution in [0.5, 0.6) is 0 Å². The third kappa shape index (κ3) is 5.24. The summed E-state index contributed by atoms with van der Waals surface area (Å²) in [6, 6.07) is 6.89. The first kappa shape index (κ1) is 21.7. The smallest absolute Gasteiger partial charge is 0.331 e. The first-order valence-corrected chi connectivity index (χ1v) is 9.19. The number of rotatable bonds is 7. The predicted octanol–water partition coefficient (Wildman–Crippen LogP) is 4.25. The van der Waals surface area contributed by atoms with Gasteiger partial charge in [0.15, 0.2) is 6.61 Å². The summed E-state index contributed by atoms with van der Waals surface area (Å²) >= 11 is 12.0. The number of Topliss-reactive ketones (excluding diaryl/α,β-unsaturated/α-hetero) is 1. The van der Waals surface area contributed by atoms with Crippen LogP contribution in [-0.2, 0) is 19.1 Å². The Morgan fingerprint density at radius 2 is 1.64 bits per heavy atom. The molecule has 1 aromatic carbocycles. The average molecular weight is 424 g/mol. The zero-order chi connectivity index (χ0) is 20.8. The van der Waals surface area contributed by atoms with Gasteiger partial charge in [0, 0.05) is 34.8 Å². The Hall–Kier alpha value is -2.57. The van der Waals surface area contributed by atoms with E-state index in [4.69, 9.17) is 27.9 Å². The normalized spacial score (nSPS) is 10.9. The lowest BCUT2D eigenvalue weighted by Crippen LogP contribution is -2.14. The predicted molar refractivity (Wildman–Crippen MR) is 106 cm³/mol. The minimum Gasteiger partial charge on any atom is -0.463 e. The van der Waals surface area contributed by atoms with Crippen molar-refractivity contribution in [2.45, 2.75) is 20.8 Å². The fourth-order valence-corrected chi connectivity index (χ4v) is 2.95. The average Bonchev–Trinajstić information content (AvgIpc) is 2.95. The molecule has 0 bridgehead atoms. The van der Waals surface area contributed by atoms with Crippen molar-refractivity contribution in [3.8, 4) is 5.69 Å². The van der Waals surface area contributed by atoms with Crippen LogP contribution in [0, 0.1) is 13.8 Å². The Morgan fingerprint density at radius 3 is 2.25 bits per heavy atom. The standard InChI is InChI=1S/C20H19Cl2NO5/c1-4-27-19(25)7-8-20(26)28-11-18(24)15-9-12(2)23(13(15)3)14-5-6-16(21)17(22)10-14/h5-10H,4,11H2,1-3H3. The number of carbonyl (C=O) groups is 3. The van der Waals surface area contributed by atoms with Crippen molar-refractivity contribution in [2.75, 3.05) is 13.2 Å². The van der Waals surface area contributed by atoms with Crippen LogP contribution in [0.15, 0.2) is 36.4 Å². The minimum atomic E-state index is -0.806. The second kappa shape index (κ2) is 9.57. The van der Waals surface area contributed by atoms with E-state index < -0.39 is 18.5 Å². The van der Waals surface area contributed by atoms with E-state index in [1.807, 2.05) is 11.5 Å². The van der Waals surface area contributed by atoms with E-state index in [0.717, 1.165) is 23.5 Å². The number of carbonyl (C=O) groups excluding carboxylic acids is 3. The molecule has 0 aliphatic heterocycles. The molecule has 2 aromatic rings. The summed E-state index contributed by atoms with van der Waals surface area (Å²) in [6.45, 7) is 5.03. The summed E-state index contributed by atoms with van der Waals surface area (Å²) < 4.78 is 11.4. The van der Waals surface area contributed by atoms with Gasteiger partial charge in [0.25, 0.3) is 0 Å². The molecule has 2 rings (SSSR count). The molecule has 0 saturated heterocycles.